The Balaban J connectivity index is 1.56. The zero-order valence-electron chi connectivity index (χ0n) is 15.4. The highest BCUT2D eigenvalue weighted by molar-refractivity contribution is 5.83. The van der Waals surface area contributed by atoms with Gasteiger partial charge in [0.25, 0.3) is 5.56 Å². The highest BCUT2D eigenvalue weighted by Crippen LogP contribution is 2.28. The van der Waals surface area contributed by atoms with Gasteiger partial charge >= 0.3 is 0 Å². The molecule has 7 heteroatoms. The molecule has 1 aliphatic rings. The molecule has 0 saturated carbocycles. The molecule has 3 aromatic rings. The van der Waals surface area contributed by atoms with Crippen molar-refractivity contribution >= 4 is 16.7 Å². The van der Waals surface area contributed by atoms with Crippen LogP contribution in [0.2, 0.25) is 0 Å². The van der Waals surface area contributed by atoms with Crippen LogP contribution >= 0.6 is 0 Å². The Kier molecular flexibility index (Phi) is 4.31. The summed E-state index contributed by atoms with van der Waals surface area (Å²) < 4.78 is 6.93. The lowest BCUT2D eigenvalue weighted by Crippen LogP contribution is -2.37. The number of amides is 1. The van der Waals surface area contributed by atoms with E-state index in [0.29, 0.717) is 18.5 Å². The van der Waals surface area contributed by atoms with Crippen LogP contribution < -0.4 is 11.3 Å². The summed E-state index contributed by atoms with van der Waals surface area (Å²) in [5.74, 6) is 1.42. The Morgan fingerprint density at radius 3 is 2.63 bits per heavy atom. The molecule has 3 heterocycles. The molecule has 2 aromatic heterocycles. The van der Waals surface area contributed by atoms with Gasteiger partial charge < -0.3 is 15.1 Å². The minimum absolute atomic E-state index is 0.0364. The molecule has 0 spiro atoms. The van der Waals surface area contributed by atoms with Crippen molar-refractivity contribution in [2.45, 2.75) is 32.4 Å². The summed E-state index contributed by atoms with van der Waals surface area (Å²) in [7, 11) is 0. The average molecular weight is 366 g/mol. The Bertz CT molecular complexity index is 1070. The van der Waals surface area contributed by atoms with E-state index in [9.17, 15) is 9.59 Å². The van der Waals surface area contributed by atoms with Crippen LogP contribution in [0.4, 0.5) is 0 Å². The van der Waals surface area contributed by atoms with Crippen LogP contribution in [-0.4, -0.2) is 39.7 Å². The van der Waals surface area contributed by atoms with E-state index in [-0.39, 0.29) is 30.0 Å². The smallest absolute Gasteiger partial charge is 0.275 e. The first-order valence-corrected chi connectivity index (χ1v) is 9.00. The second kappa shape index (κ2) is 6.66. The molecule has 27 heavy (non-hydrogen) atoms. The lowest BCUT2D eigenvalue weighted by atomic mass is 10.0. The van der Waals surface area contributed by atoms with Crippen molar-refractivity contribution in [2.75, 3.05) is 13.1 Å². The molecule has 7 nitrogen and oxygen atoms in total. The largest absolute Gasteiger partial charge is 0.466 e. The van der Waals surface area contributed by atoms with Crippen LogP contribution in [0.3, 0.4) is 0 Å². The van der Waals surface area contributed by atoms with Crippen molar-refractivity contribution in [1.82, 2.24) is 14.7 Å². The number of rotatable bonds is 3. The molecule has 1 amide bonds. The fourth-order valence-electron chi connectivity index (χ4n) is 3.73. The van der Waals surface area contributed by atoms with Crippen LogP contribution in [-0.2, 0) is 11.3 Å². The zero-order valence-corrected chi connectivity index (χ0v) is 15.4. The van der Waals surface area contributed by atoms with Gasteiger partial charge in [0, 0.05) is 24.5 Å². The lowest BCUT2D eigenvalue weighted by Gasteiger charge is -2.17. The maximum atomic E-state index is 12.8. The Morgan fingerprint density at radius 2 is 1.93 bits per heavy atom. The molecule has 2 N–H and O–H groups in total. The summed E-state index contributed by atoms with van der Waals surface area (Å²) >= 11 is 0. The quantitative estimate of drug-likeness (QED) is 0.759. The van der Waals surface area contributed by atoms with Gasteiger partial charge in [0.2, 0.25) is 5.91 Å². The molecule has 0 radical (unpaired) electrons. The fraction of sp³-hybridized carbons (Fsp3) is 0.350. The normalized spacial score (nSPS) is 19.7. The first-order valence-electron chi connectivity index (χ1n) is 9.00. The molecule has 0 unspecified atom stereocenters. The van der Waals surface area contributed by atoms with Crippen LogP contribution in [0.5, 0.6) is 0 Å². The van der Waals surface area contributed by atoms with E-state index in [1.54, 1.807) is 11.0 Å². The zero-order chi connectivity index (χ0) is 19.1. The molecular weight excluding hydrogens is 344 g/mol. The predicted octanol–water partition coefficient (Wildman–Crippen LogP) is 1.56. The van der Waals surface area contributed by atoms with Crippen molar-refractivity contribution in [3.05, 3.63) is 64.0 Å². The first kappa shape index (κ1) is 17.5. The van der Waals surface area contributed by atoms with Gasteiger partial charge in [-0.25, -0.2) is 4.68 Å². The number of hydrogen-bond acceptors (Lipinski definition) is 5. The van der Waals surface area contributed by atoms with Gasteiger partial charge in [0.05, 0.1) is 17.0 Å². The molecular formula is C20H22N4O3. The van der Waals surface area contributed by atoms with Gasteiger partial charge in [-0.2, -0.15) is 5.10 Å². The SMILES string of the molecule is Cc1ccc([C@H]2CN(C(=O)Cn3nc(C)c4ccccc4c3=O)C[C@@H]2N)o1. The molecule has 1 aromatic carbocycles. The topological polar surface area (TPSA) is 94.4 Å². The number of benzene rings is 1. The number of likely N-dealkylation sites (tertiary alicyclic amines) is 1. The van der Waals surface area contributed by atoms with Gasteiger partial charge in [0.15, 0.2) is 0 Å². The average Bonchev–Trinajstić information content (AvgIpc) is 3.25. The van der Waals surface area contributed by atoms with E-state index in [1.165, 1.54) is 4.68 Å². The van der Waals surface area contributed by atoms with Gasteiger partial charge in [-0.3, -0.25) is 9.59 Å². The number of hydrogen-bond donors (Lipinski definition) is 1. The Morgan fingerprint density at radius 1 is 1.19 bits per heavy atom. The van der Waals surface area contributed by atoms with Crippen molar-refractivity contribution in [2.24, 2.45) is 5.73 Å². The monoisotopic (exact) mass is 366 g/mol. The van der Waals surface area contributed by atoms with E-state index in [4.69, 9.17) is 10.2 Å². The van der Waals surface area contributed by atoms with E-state index in [1.807, 2.05) is 44.2 Å². The standard InChI is InChI=1S/C20H22N4O3/c1-12-7-8-18(27-12)16-9-23(10-17(16)21)19(25)11-24-20(26)15-6-4-3-5-14(15)13(2)22-24/h3-8,16-17H,9-11,21H2,1-2H3/t16-,17-/m0/s1. The van der Waals surface area contributed by atoms with Gasteiger partial charge in [-0.15, -0.1) is 0 Å². The number of nitrogens with zero attached hydrogens (tertiary/aromatic N) is 3. The summed E-state index contributed by atoms with van der Waals surface area (Å²) in [5.41, 5.74) is 6.70. The maximum Gasteiger partial charge on any atom is 0.275 e. The Labute approximate surface area is 156 Å². The second-order valence-corrected chi connectivity index (χ2v) is 7.11. The third-order valence-electron chi connectivity index (χ3n) is 5.18. The molecule has 1 aliphatic heterocycles. The minimum Gasteiger partial charge on any atom is -0.466 e. The van der Waals surface area contributed by atoms with Gasteiger partial charge in [0.1, 0.15) is 18.1 Å². The summed E-state index contributed by atoms with van der Waals surface area (Å²) in [4.78, 5) is 27.1. The first-order chi connectivity index (χ1) is 12.9. The number of furan rings is 1. The minimum atomic E-state index is -0.258. The molecule has 0 aliphatic carbocycles. The van der Waals surface area contributed by atoms with E-state index >= 15 is 0 Å². The number of aryl methyl sites for hydroxylation is 2. The predicted molar refractivity (Wildman–Crippen MR) is 101 cm³/mol. The second-order valence-electron chi connectivity index (χ2n) is 7.11. The van der Waals surface area contributed by atoms with E-state index in [0.717, 1.165) is 22.6 Å². The highest BCUT2D eigenvalue weighted by Gasteiger charge is 2.35. The summed E-state index contributed by atoms with van der Waals surface area (Å²) in [6.07, 6.45) is 0. The number of carbonyl (C=O) groups excluding carboxylic acids is 1. The third kappa shape index (κ3) is 3.14. The Hall–Kier alpha value is -2.93. The molecule has 1 saturated heterocycles. The van der Waals surface area contributed by atoms with Gasteiger partial charge in [-0.1, -0.05) is 18.2 Å². The fourth-order valence-corrected chi connectivity index (χ4v) is 3.73. The lowest BCUT2D eigenvalue weighted by molar-refractivity contribution is -0.131. The van der Waals surface area contributed by atoms with Crippen LogP contribution in [0, 0.1) is 13.8 Å². The number of aromatic nitrogens is 2. The van der Waals surface area contributed by atoms with Crippen molar-refractivity contribution < 1.29 is 9.21 Å². The number of nitrogens with two attached hydrogens (primary N) is 1. The van der Waals surface area contributed by atoms with Crippen LogP contribution in [0.25, 0.3) is 10.8 Å². The van der Waals surface area contributed by atoms with Crippen LogP contribution in [0.15, 0.2) is 45.6 Å². The van der Waals surface area contributed by atoms with Crippen molar-refractivity contribution in [1.29, 1.82) is 0 Å². The molecule has 140 valence electrons. The molecule has 2 atom stereocenters. The number of fused-ring (bicyclic) bond motifs is 1. The summed E-state index contributed by atoms with van der Waals surface area (Å²) in [6, 6.07) is 10.9. The van der Waals surface area contributed by atoms with Crippen molar-refractivity contribution in [3.63, 3.8) is 0 Å². The van der Waals surface area contributed by atoms with Crippen LogP contribution in [0.1, 0.15) is 23.1 Å². The number of carbonyl (C=O) groups is 1. The molecule has 4 rings (SSSR count). The molecule has 1 fully saturated rings. The summed E-state index contributed by atoms with van der Waals surface area (Å²) in [6.45, 7) is 4.54. The summed E-state index contributed by atoms with van der Waals surface area (Å²) in [5, 5.41) is 5.70. The highest BCUT2D eigenvalue weighted by atomic mass is 16.3. The maximum absolute atomic E-state index is 12.8. The van der Waals surface area contributed by atoms with E-state index < -0.39 is 0 Å². The van der Waals surface area contributed by atoms with Gasteiger partial charge in [-0.05, 0) is 32.0 Å². The third-order valence-corrected chi connectivity index (χ3v) is 5.18. The molecule has 0 bridgehead atoms. The van der Waals surface area contributed by atoms with Crippen molar-refractivity contribution in [3.8, 4) is 0 Å². The van der Waals surface area contributed by atoms with E-state index in [2.05, 4.69) is 5.10 Å².